The molecule has 110 valence electrons. The highest BCUT2D eigenvalue weighted by Crippen LogP contribution is 2.03. The van der Waals surface area contributed by atoms with E-state index in [1.165, 1.54) is 64.2 Å². The molecule has 0 saturated heterocycles. The summed E-state index contributed by atoms with van der Waals surface area (Å²) in [7, 11) is 0. The van der Waals surface area contributed by atoms with Gasteiger partial charge in [0.1, 0.15) is 0 Å². The molecule has 1 aliphatic rings. The maximum absolute atomic E-state index is 2.32. The summed E-state index contributed by atoms with van der Waals surface area (Å²) in [5.74, 6) is 0. The Morgan fingerprint density at radius 2 is 0.300 bits per heavy atom. The molecule has 0 aromatic rings. The van der Waals surface area contributed by atoms with Crippen LogP contribution in [0.25, 0.3) is 0 Å². The molecule has 0 heteroatoms. The minimum Gasteiger partial charge on any atom is -0.0882 e. The highest BCUT2D eigenvalue weighted by molar-refractivity contribution is 4.94. The predicted octanol–water partition coefficient (Wildman–Crippen LogP) is 6.68. The van der Waals surface area contributed by atoms with Crippen LogP contribution in [0.1, 0.15) is 64.2 Å². The Balaban J connectivity index is 2.29. The average Bonchev–Trinajstić information content (AvgIpc) is 2.46. The first kappa shape index (κ1) is 16.8. The van der Waals surface area contributed by atoms with Crippen LogP contribution in [0.5, 0.6) is 0 Å². The Morgan fingerprint density at radius 1 is 0.200 bits per heavy atom. The van der Waals surface area contributed by atoms with Gasteiger partial charge in [0.05, 0.1) is 0 Å². The number of rotatable bonds is 0. The maximum atomic E-state index is 2.32. The summed E-state index contributed by atoms with van der Waals surface area (Å²) < 4.78 is 0. The molecule has 0 unspecified atom stereocenters. The van der Waals surface area contributed by atoms with E-state index in [4.69, 9.17) is 0 Å². The first-order valence-corrected chi connectivity index (χ1v) is 8.25. The van der Waals surface area contributed by atoms with Crippen LogP contribution in [0, 0.1) is 0 Å². The molecule has 0 atom stereocenters. The molecule has 0 aromatic heterocycles. The topological polar surface area (TPSA) is 0 Å². The zero-order valence-electron chi connectivity index (χ0n) is 12.8. The van der Waals surface area contributed by atoms with Crippen LogP contribution in [0.2, 0.25) is 0 Å². The van der Waals surface area contributed by atoms with Crippen molar-refractivity contribution >= 4 is 0 Å². The highest BCUT2D eigenvalue weighted by Gasteiger charge is 1.83. The fraction of sp³-hybridized carbons (Fsp3) is 0.500. The molecule has 0 aliphatic heterocycles. The fourth-order valence-electron chi connectivity index (χ4n) is 2.14. The Hall–Kier alpha value is -1.30. The monoisotopic (exact) mass is 270 g/mol. The zero-order chi connectivity index (χ0) is 14.1. The van der Waals surface area contributed by atoms with Crippen LogP contribution in [0.15, 0.2) is 60.8 Å². The molecule has 0 radical (unpaired) electrons. The summed E-state index contributed by atoms with van der Waals surface area (Å²) in [5, 5.41) is 0. The minimum absolute atomic E-state index is 1.18. The van der Waals surface area contributed by atoms with E-state index in [1.807, 2.05) is 0 Å². The normalized spacial score (nSPS) is 26.4. The lowest BCUT2D eigenvalue weighted by molar-refractivity contribution is 0.962. The lowest BCUT2D eigenvalue weighted by Crippen LogP contribution is -1.71. The molecule has 0 heterocycles. The van der Waals surface area contributed by atoms with Crippen molar-refractivity contribution in [2.24, 2.45) is 0 Å². The van der Waals surface area contributed by atoms with Gasteiger partial charge in [0, 0.05) is 0 Å². The molecular weight excluding hydrogens is 240 g/mol. The molecule has 0 amide bonds. The van der Waals surface area contributed by atoms with Crippen LogP contribution in [-0.4, -0.2) is 0 Å². The van der Waals surface area contributed by atoms with Gasteiger partial charge in [0.2, 0.25) is 0 Å². The second kappa shape index (κ2) is 14.1. The molecule has 1 aliphatic carbocycles. The van der Waals surface area contributed by atoms with Gasteiger partial charge in [-0.1, -0.05) is 60.8 Å². The second-order valence-electron chi connectivity index (χ2n) is 5.24. The molecule has 0 nitrogen and oxygen atoms in total. The number of hydrogen-bond donors (Lipinski definition) is 0. The lowest BCUT2D eigenvalue weighted by Gasteiger charge is -1.92. The van der Waals surface area contributed by atoms with Crippen LogP contribution in [0.4, 0.5) is 0 Å². The van der Waals surface area contributed by atoms with Crippen molar-refractivity contribution in [1.29, 1.82) is 0 Å². The standard InChI is InChI=1S/C20H30/c1-2-4-6-8-10-12-14-16-18-20-19-17-15-13-11-9-7-5-3-1/h1-2,7-10,15-18H,3-6,11-14,19-20H2/b2-1+,9-7+,10-8+,17-15+,18-16?. The van der Waals surface area contributed by atoms with Crippen LogP contribution < -0.4 is 0 Å². The van der Waals surface area contributed by atoms with Gasteiger partial charge in [-0.3, -0.25) is 0 Å². The predicted molar refractivity (Wildman–Crippen MR) is 91.9 cm³/mol. The number of allylic oxidation sites excluding steroid dienone is 10. The van der Waals surface area contributed by atoms with Crippen molar-refractivity contribution in [3.8, 4) is 0 Å². The van der Waals surface area contributed by atoms with E-state index in [2.05, 4.69) is 60.8 Å². The van der Waals surface area contributed by atoms with Crippen molar-refractivity contribution in [2.75, 3.05) is 0 Å². The van der Waals surface area contributed by atoms with Gasteiger partial charge in [0.15, 0.2) is 0 Å². The van der Waals surface area contributed by atoms with E-state index in [0.717, 1.165) is 0 Å². The summed E-state index contributed by atoms with van der Waals surface area (Å²) in [5.41, 5.74) is 0. The van der Waals surface area contributed by atoms with Crippen LogP contribution in [-0.2, 0) is 0 Å². The summed E-state index contributed by atoms with van der Waals surface area (Å²) in [4.78, 5) is 0. The molecular formula is C20H30. The largest absolute Gasteiger partial charge is 0.0882 e. The molecule has 0 N–H and O–H groups in total. The van der Waals surface area contributed by atoms with Gasteiger partial charge in [-0.15, -0.1) is 0 Å². The quantitative estimate of drug-likeness (QED) is 0.430. The maximum Gasteiger partial charge on any atom is -0.0316 e. The molecule has 20 heavy (non-hydrogen) atoms. The summed E-state index contributed by atoms with van der Waals surface area (Å²) >= 11 is 0. The van der Waals surface area contributed by atoms with Crippen molar-refractivity contribution in [1.82, 2.24) is 0 Å². The Kier molecular flexibility index (Phi) is 11.8. The Morgan fingerprint density at radius 3 is 0.400 bits per heavy atom. The van der Waals surface area contributed by atoms with Crippen LogP contribution in [0.3, 0.4) is 0 Å². The summed E-state index contributed by atoms with van der Waals surface area (Å²) in [6.45, 7) is 0. The molecule has 0 fully saturated rings. The molecule has 1 rings (SSSR count). The molecule has 0 spiro atoms. The molecule has 0 bridgehead atoms. The van der Waals surface area contributed by atoms with Gasteiger partial charge >= 0.3 is 0 Å². The molecule has 0 aromatic carbocycles. The third kappa shape index (κ3) is 11.8. The third-order valence-electron chi connectivity index (χ3n) is 3.33. The average molecular weight is 270 g/mol. The van der Waals surface area contributed by atoms with Crippen molar-refractivity contribution in [3.05, 3.63) is 60.8 Å². The van der Waals surface area contributed by atoms with Gasteiger partial charge in [-0.2, -0.15) is 0 Å². The van der Waals surface area contributed by atoms with Gasteiger partial charge in [-0.25, -0.2) is 0 Å². The summed E-state index contributed by atoms with van der Waals surface area (Å²) in [6.07, 6.45) is 35.0. The van der Waals surface area contributed by atoms with E-state index in [0.29, 0.717) is 0 Å². The van der Waals surface area contributed by atoms with Crippen molar-refractivity contribution < 1.29 is 0 Å². The summed E-state index contributed by atoms with van der Waals surface area (Å²) in [6, 6.07) is 0. The van der Waals surface area contributed by atoms with E-state index in [-0.39, 0.29) is 0 Å². The second-order valence-corrected chi connectivity index (χ2v) is 5.24. The minimum atomic E-state index is 1.18. The van der Waals surface area contributed by atoms with Crippen molar-refractivity contribution in [2.45, 2.75) is 64.2 Å². The van der Waals surface area contributed by atoms with E-state index in [9.17, 15) is 0 Å². The SMILES string of the molecule is C1=CCC/C=C/CC/C=C/CC/C=C/CC/C=C/CC1. The first-order chi connectivity index (χ1) is 10.0. The van der Waals surface area contributed by atoms with Gasteiger partial charge < -0.3 is 0 Å². The van der Waals surface area contributed by atoms with Crippen LogP contribution >= 0.6 is 0 Å². The highest BCUT2D eigenvalue weighted by atomic mass is 13.9. The molecule has 0 saturated carbocycles. The smallest absolute Gasteiger partial charge is 0.0316 e. The fourth-order valence-corrected chi connectivity index (χ4v) is 2.14. The first-order valence-electron chi connectivity index (χ1n) is 8.25. The number of hydrogen-bond acceptors (Lipinski definition) is 0. The zero-order valence-corrected chi connectivity index (χ0v) is 12.8. The van der Waals surface area contributed by atoms with E-state index >= 15 is 0 Å². The van der Waals surface area contributed by atoms with E-state index in [1.54, 1.807) is 0 Å². The van der Waals surface area contributed by atoms with Crippen molar-refractivity contribution in [3.63, 3.8) is 0 Å². The lowest BCUT2D eigenvalue weighted by atomic mass is 10.1. The van der Waals surface area contributed by atoms with E-state index < -0.39 is 0 Å². The Labute approximate surface area is 125 Å². The van der Waals surface area contributed by atoms with Gasteiger partial charge in [-0.05, 0) is 64.2 Å². The Bertz CT molecular complexity index is 228. The third-order valence-corrected chi connectivity index (χ3v) is 3.33. The van der Waals surface area contributed by atoms with Gasteiger partial charge in [0.25, 0.3) is 0 Å².